The molecule has 2 aromatic carbocycles. The van der Waals surface area contributed by atoms with E-state index in [2.05, 4.69) is 130 Å². The van der Waals surface area contributed by atoms with Crippen LogP contribution >= 0.6 is 0 Å². The quantitative estimate of drug-likeness (QED) is 0.145. The van der Waals surface area contributed by atoms with Crippen LogP contribution in [0.25, 0.3) is 33.1 Å². The van der Waals surface area contributed by atoms with Gasteiger partial charge in [-0.05, 0) is 110 Å². The minimum absolute atomic E-state index is 0. The maximum Gasteiger partial charge on any atom is 4.00 e. The van der Waals surface area contributed by atoms with Crippen LogP contribution in [0.5, 0.6) is 0 Å². The zero-order valence-electron chi connectivity index (χ0n) is 30.5. The van der Waals surface area contributed by atoms with Crippen LogP contribution in [0.15, 0.2) is 60.7 Å². The van der Waals surface area contributed by atoms with E-state index in [1.165, 1.54) is 44.5 Å². The fraction of sp³-hybridized carbons (Fsp3) is 0.400. The van der Waals surface area contributed by atoms with E-state index in [1.54, 1.807) is 0 Å². The largest absolute Gasteiger partial charge is 4.00 e. The topological polar surface area (TPSA) is 54.0 Å². The van der Waals surface area contributed by atoms with Crippen molar-refractivity contribution >= 4 is 11.6 Å². The average Bonchev–Trinajstić information content (AvgIpc) is 2.85. The molecule has 0 spiro atoms. The van der Waals surface area contributed by atoms with Crippen LogP contribution in [0, 0.1) is 67.2 Å². The van der Waals surface area contributed by atoms with Crippen molar-refractivity contribution in [3.05, 3.63) is 120 Å². The van der Waals surface area contributed by atoms with E-state index < -0.39 is 0 Å². The van der Waals surface area contributed by atoms with Gasteiger partial charge in [0.15, 0.2) is 0 Å². The average molecular weight is 771 g/mol. The third-order valence-electron chi connectivity index (χ3n) is 6.77. The number of hydrogen-bond donors (Lipinski definition) is 0. The van der Waals surface area contributed by atoms with E-state index >= 15 is 0 Å². The molecule has 45 heavy (non-hydrogen) atoms. The number of hydrogen-bond acceptors (Lipinski definition) is 2. The first-order chi connectivity index (χ1) is 19.5. The van der Waals surface area contributed by atoms with E-state index in [0.29, 0.717) is 0 Å². The summed E-state index contributed by atoms with van der Waals surface area (Å²) in [4.78, 5) is 9.46. The molecular formula is C40H56HfN4. The van der Waals surface area contributed by atoms with E-state index in [9.17, 15) is 0 Å². The SMILES string of the molecule is Cc1cc(C)c(-c2cccc([N-]CC(C)(C)C)n2)c(C)c1.Cc1cc(C)c(-c2cccc([N-]CC(C)(C)C)n2)c(C)c1.[CH3-].[CH3-].[Hf+4]. The Balaban J connectivity index is 0.000000807. The maximum absolute atomic E-state index is 4.73. The van der Waals surface area contributed by atoms with Gasteiger partial charge in [-0.25, -0.2) is 0 Å². The van der Waals surface area contributed by atoms with Gasteiger partial charge in [0.2, 0.25) is 0 Å². The molecule has 0 fully saturated rings. The number of benzene rings is 2. The smallest absolute Gasteiger partial charge is 0.465 e. The van der Waals surface area contributed by atoms with Crippen molar-refractivity contribution in [3.8, 4) is 22.5 Å². The zero-order valence-corrected chi connectivity index (χ0v) is 34.1. The molecule has 0 unspecified atom stereocenters. The van der Waals surface area contributed by atoms with Crippen LogP contribution < -0.4 is 0 Å². The molecule has 0 aliphatic rings. The molecule has 0 aliphatic heterocycles. The molecule has 2 heterocycles. The van der Waals surface area contributed by atoms with Crippen LogP contribution in [0.2, 0.25) is 0 Å². The molecule has 4 nitrogen and oxygen atoms in total. The zero-order chi connectivity index (χ0) is 31.2. The van der Waals surface area contributed by atoms with Crippen LogP contribution in [-0.2, 0) is 25.8 Å². The normalized spacial score (nSPS) is 10.8. The molecule has 2 aromatic heterocycles. The molecule has 0 aliphatic carbocycles. The second-order valence-electron chi connectivity index (χ2n) is 14.1. The molecule has 0 atom stereocenters. The molecule has 0 N–H and O–H groups in total. The molecule has 5 heteroatoms. The fourth-order valence-electron chi connectivity index (χ4n) is 5.11. The Morgan fingerprint density at radius 3 is 1.07 bits per heavy atom. The van der Waals surface area contributed by atoms with Crippen molar-refractivity contribution in [2.24, 2.45) is 10.8 Å². The Hall–Kier alpha value is -2.79. The van der Waals surface area contributed by atoms with E-state index in [-0.39, 0.29) is 51.5 Å². The molecular weight excluding hydrogens is 715 g/mol. The Morgan fingerprint density at radius 2 is 0.800 bits per heavy atom. The number of nitrogens with zero attached hydrogens (tertiary/aromatic N) is 4. The standard InChI is InChI=1S/2C19H25N2.2CH3.Hf/c2*1-13-10-14(2)18(15(3)11-13)16-8-7-9-17(21-16)20-12-19(4,5)6;;;/h2*7-11H,12H2,1-6H3;2*1H3;/q4*-1;+4. The fourth-order valence-corrected chi connectivity index (χ4v) is 5.11. The van der Waals surface area contributed by atoms with Gasteiger partial charge in [-0.3, -0.25) is 0 Å². The first-order valence-electron chi connectivity index (χ1n) is 15.0. The van der Waals surface area contributed by atoms with Gasteiger partial charge >= 0.3 is 25.8 Å². The summed E-state index contributed by atoms with van der Waals surface area (Å²) in [6.45, 7) is 27.6. The van der Waals surface area contributed by atoms with Crippen LogP contribution in [0.1, 0.15) is 74.9 Å². The third-order valence-corrected chi connectivity index (χ3v) is 6.77. The Kier molecular flexibility index (Phi) is 16.7. The first-order valence-corrected chi connectivity index (χ1v) is 15.0. The van der Waals surface area contributed by atoms with Gasteiger partial charge < -0.3 is 35.5 Å². The molecule has 0 radical (unpaired) electrons. The summed E-state index contributed by atoms with van der Waals surface area (Å²) in [6, 6.07) is 21.0. The van der Waals surface area contributed by atoms with Gasteiger partial charge in [-0.2, -0.15) is 0 Å². The van der Waals surface area contributed by atoms with E-state index in [0.717, 1.165) is 36.1 Å². The second-order valence-corrected chi connectivity index (χ2v) is 14.1. The summed E-state index contributed by atoms with van der Waals surface area (Å²) in [5.41, 5.74) is 12.5. The summed E-state index contributed by atoms with van der Waals surface area (Å²) in [5.74, 6) is 1.64. The van der Waals surface area contributed by atoms with Gasteiger partial charge in [-0.15, -0.1) is 0 Å². The Labute approximate surface area is 295 Å². The monoisotopic (exact) mass is 772 g/mol. The van der Waals surface area contributed by atoms with Crippen molar-refractivity contribution in [1.29, 1.82) is 0 Å². The van der Waals surface area contributed by atoms with Gasteiger partial charge in [0.25, 0.3) is 0 Å². The Bertz CT molecular complexity index is 1350. The van der Waals surface area contributed by atoms with Gasteiger partial charge in [0, 0.05) is 0 Å². The number of aromatic nitrogens is 2. The van der Waals surface area contributed by atoms with Gasteiger partial charge in [-0.1, -0.05) is 125 Å². The Morgan fingerprint density at radius 1 is 0.511 bits per heavy atom. The predicted octanol–water partition coefficient (Wildman–Crippen LogP) is 12.3. The molecule has 4 rings (SSSR count). The summed E-state index contributed by atoms with van der Waals surface area (Å²) in [7, 11) is 0. The minimum Gasteiger partial charge on any atom is -0.465 e. The molecule has 0 amide bonds. The third kappa shape index (κ3) is 13.2. The first kappa shape index (κ1) is 42.2. The minimum atomic E-state index is 0. The predicted molar refractivity (Wildman–Crippen MR) is 195 cm³/mol. The number of aryl methyl sites for hydroxylation is 6. The van der Waals surface area contributed by atoms with Crippen LogP contribution in [0.4, 0.5) is 11.6 Å². The second kappa shape index (κ2) is 17.8. The molecule has 240 valence electrons. The molecule has 0 saturated carbocycles. The van der Waals surface area contributed by atoms with Crippen LogP contribution in [0.3, 0.4) is 0 Å². The van der Waals surface area contributed by atoms with Crippen LogP contribution in [-0.4, -0.2) is 23.1 Å². The molecule has 0 bridgehead atoms. The van der Waals surface area contributed by atoms with Crippen molar-refractivity contribution in [3.63, 3.8) is 0 Å². The van der Waals surface area contributed by atoms with E-state index in [4.69, 9.17) is 9.97 Å². The van der Waals surface area contributed by atoms with Crippen molar-refractivity contribution in [2.45, 2.75) is 83.1 Å². The summed E-state index contributed by atoms with van der Waals surface area (Å²) >= 11 is 0. The van der Waals surface area contributed by atoms with Crippen molar-refractivity contribution < 1.29 is 25.8 Å². The maximum atomic E-state index is 4.73. The molecule has 0 saturated heterocycles. The van der Waals surface area contributed by atoms with Gasteiger partial charge in [0.05, 0.1) is 0 Å². The number of pyridine rings is 2. The van der Waals surface area contributed by atoms with Gasteiger partial charge in [0.1, 0.15) is 0 Å². The van der Waals surface area contributed by atoms with E-state index in [1.807, 2.05) is 24.3 Å². The number of rotatable bonds is 6. The van der Waals surface area contributed by atoms with Crippen molar-refractivity contribution in [1.82, 2.24) is 9.97 Å². The summed E-state index contributed by atoms with van der Waals surface area (Å²) < 4.78 is 0. The summed E-state index contributed by atoms with van der Waals surface area (Å²) in [6.07, 6.45) is 0. The molecule has 4 aromatic rings. The summed E-state index contributed by atoms with van der Waals surface area (Å²) in [5, 5.41) is 9.26. The van der Waals surface area contributed by atoms with Crippen molar-refractivity contribution in [2.75, 3.05) is 13.1 Å².